The third-order valence-corrected chi connectivity index (χ3v) is 2.07. The first-order valence-electron chi connectivity index (χ1n) is 5.28. The van der Waals surface area contributed by atoms with E-state index in [-0.39, 0.29) is 5.91 Å². The lowest BCUT2D eigenvalue weighted by atomic mass is 10.3. The largest absolute Gasteiger partial charge is 0.351 e. The van der Waals surface area contributed by atoms with Crippen LogP contribution in [0.3, 0.4) is 0 Å². The van der Waals surface area contributed by atoms with E-state index in [0.29, 0.717) is 25.3 Å². The molecule has 0 aliphatic heterocycles. The second-order valence-electron chi connectivity index (χ2n) is 3.39. The monoisotopic (exact) mass is 210 g/mol. The van der Waals surface area contributed by atoms with Crippen LogP contribution in [-0.2, 0) is 6.54 Å². The minimum Gasteiger partial charge on any atom is -0.351 e. The molecule has 0 aliphatic carbocycles. The zero-order chi connectivity index (χ0) is 11.1. The Morgan fingerprint density at radius 1 is 1.67 bits per heavy atom. The molecule has 0 bridgehead atoms. The van der Waals surface area contributed by atoms with E-state index in [1.807, 2.05) is 4.57 Å². The number of amides is 1. The van der Waals surface area contributed by atoms with E-state index < -0.39 is 0 Å². The van der Waals surface area contributed by atoms with Gasteiger partial charge < -0.3 is 15.6 Å². The predicted molar refractivity (Wildman–Crippen MR) is 58.5 cm³/mol. The quantitative estimate of drug-likeness (QED) is 0.666. The summed E-state index contributed by atoms with van der Waals surface area (Å²) in [6.45, 7) is 4.03. The number of hydrogen-bond acceptors (Lipinski definition) is 3. The summed E-state index contributed by atoms with van der Waals surface area (Å²) in [7, 11) is 0. The number of unbranched alkanes of at least 4 members (excludes halogenated alkanes) is 1. The summed E-state index contributed by atoms with van der Waals surface area (Å²) in [4.78, 5) is 15.5. The second kappa shape index (κ2) is 6.19. The highest BCUT2D eigenvalue weighted by Gasteiger charge is 2.07. The van der Waals surface area contributed by atoms with Crippen LogP contribution in [0.5, 0.6) is 0 Å². The Hall–Kier alpha value is -1.36. The molecule has 1 rings (SSSR count). The van der Waals surface area contributed by atoms with E-state index in [0.717, 1.165) is 12.8 Å². The summed E-state index contributed by atoms with van der Waals surface area (Å²) < 4.78 is 1.81. The average molecular weight is 210 g/mol. The van der Waals surface area contributed by atoms with Gasteiger partial charge >= 0.3 is 0 Å². The fourth-order valence-corrected chi connectivity index (χ4v) is 1.22. The molecule has 0 spiro atoms. The number of imidazole rings is 1. The molecule has 0 fully saturated rings. The molecule has 0 saturated heterocycles. The normalized spacial score (nSPS) is 10.3. The fourth-order valence-electron chi connectivity index (χ4n) is 1.22. The van der Waals surface area contributed by atoms with Gasteiger partial charge in [0.2, 0.25) is 0 Å². The van der Waals surface area contributed by atoms with Gasteiger partial charge in [0, 0.05) is 25.8 Å². The second-order valence-corrected chi connectivity index (χ2v) is 3.39. The minimum absolute atomic E-state index is 0.112. The van der Waals surface area contributed by atoms with Crippen LogP contribution in [0.1, 0.15) is 30.3 Å². The van der Waals surface area contributed by atoms with Gasteiger partial charge in [-0.05, 0) is 6.42 Å². The number of nitrogens with two attached hydrogens (primary N) is 1. The number of rotatable bonds is 6. The third-order valence-electron chi connectivity index (χ3n) is 2.07. The molecule has 5 heteroatoms. The zero-order valence-corrected chi connectivity index (χ0v) is 9.07. The third kappa shape index (κ3) is 3.71. The Labute approximate surface area is 89.7 Å². The number of hydrogen-bond donors (Lipinski definition) is 2. The molecule has 0 unspecified atom stereocenters. The van der Waals surface area contributed by atoms with Crippen LogP contribution in [0, 0.1) is 0 Å². The lowest BCUT2D eigenvalue weighted by Crippen LogP contribution is -2.24. The van der Waals surface area contributed by atoms with E-state index in [4.69, 9.17) is 5.73 Å². The molecule has 3 N–H and O–H groups in total. The van der Waals surface area contributed by atoms with Crippen molar-refractivity contribution in [2.45, 2.75) is 26.3 Å². The molecule has 1 heterocycles. The summed E-state index contributed by atoms with van der Waals surface area (Å²) >= 11 is 0. The molecule has 1 aromatic rings. The molecular formula is C10H18N4O. The van der Waals surface area contributed by atoms with Gasteiger partial charge in [-0.15, -0.1) is 0 Å². The smallest absolute Gasteiger partial charge is 0.271 e. The Kier molecular flexibility index (Phi) is 4.83. The number of carbonyl (C=O) groups is 1. The maximum absolute atomic E-state index is 11.5. The fraction of sp³-hybridized carbons (Fsp3) is 0.600. The number of aromatic nitrogens is 2. The highest BCUT2D eigenvalue weighted by molar-refractivity contribution is 5.91. The maximum atomic E-state index is 11.5. The molecule has 0 atom stereocenters. The predicted octanol–water partition coefficient (Wildman–Crippen LogP) is 0.372. The van der Waals surface area contributed by atoms with Crippen LogP contribution < -0.4 is 11.1 Å². The standard InChI is InChI=1S/C10H18N4O/c1-2-3-5-12-10(15)9-7-14(6-4-11)8-13-9/h7-8H,2-6,11H2,1H3,(H,12,15). The van der Waals surface area contributed by atoms with Gasteiger partial charge in [0.25, 0.3) is 5.91 Å². The van der Waals surface area contributed by atoms with Crippen molar-refractivity contribution in [3.05, 3.63) is 18.2 Å². The molecule has 0 radical (unpaired) electrons. The van der Waals surface area contributed by atoms with E-state index in [2.05, 4.69) is 17.2 Å². The van der Waals surface area contributed by atoms with Crippen LogP contribution >= 0.6 is 0 Å². The number of carbonyl (C=O) groups excluding carboxylic acids is 1. The maximum Gasteiger partial charge on any atom is 0.271 e. The van der Waals surface area contributed by atoms with Gasteiger partial charge in [-0.3, -0.25) is 4.79 Å². The van der Waals surface area contributed by atoms with Crippen LogP contribution in [0.25, 0.3) is 0 Å². The first kappa shape index (κ1) is 11.7. The van der Waals surface area contributed by atoms with E-state index in [1.165, 1.54) is 0 Å². The summed E-state index contributed by atoms with van der Waals surface area (Å²) in [5, 5.41) is 2.81. The first-order valence-corrected chi connectivity index (χ1v) is 5.28. The molecule has 5 nitrogen and oxygen atoms in total. The van der Waals surface area contributed by atoms with Gasteiger partial charge in [-0.2, -0.15) is 0 Å². The van der Waals surface area contributed by atoms with Crippen molar-refractivity contribution in [3.8, 4) is 0 Å². The van der Waals surface area contributed by atoms with Gasteiger partial charge in [-0.25, -0.2) is 4.98 Å². The van der Waals surface area contributed by atoms with Crippen molar-refractivity contribution in [1.82, 2.24) is 14.9 Å². The molecule has 15 heavy (non-hydrogen) atoms. The van der Waals surface area contributed by atoms with Gasteiger partial charge in [0.05, 0.1) is 6.33 Å². The van der Waals surface area contributed by atoms with E-state index >= 15 is 0 Å². The van der Waals surface area contributed by atoms with Gasteiger partial charge in [-0.1, -0.05) is 13.3 Å². The van der Waals surface area contributed by atoms with Crippen molar-refractivity contribution >= 4 is 5.91 Å². The number of nitrogens with one attached hydrogen (secondary N) is 1. The molecular weight excluding hydrogens is 192 g/mol. The molecule has 84 valence electrons. The van der Waals surface area contributed by atoms with Crippen molar-refractivity contribution < 1.29 is 4.79 Å². The lowest BCUT2D eigenvalue weighted by molar-refractivity contribution is 0.0948. The Bertz CT molecular complexity index is 308. The Balaban J connectivity index is 2.43. The van der Waals surface area contributed by atoms with Crippen molar-refractivity contribution in [2.24, 2.45) is 5.73 Å². The minimum atomic E-state index is -0.112. The molecule has 0 saturated carbocycles. The molecule has 0 aromatic carbocycles. The summed E-state index contributed by atoms with van der Waals surface area (Å²) in [5.41, 5.74) is 5.85. The summed E-state index contributed by atoms with van der Waals surface area (Å²) in [6.07, 6.45) is 5.41. The van der Waals surface area contributed by atoms with Crippen LogP contribution in [0.2, 0.25) is 0 Å². The van der Waals surface area contributed by atoms with Gasteiger partial charge in [0.15, 0.2) is 0 Å². The molecule has 1 aromatic heterocycles. The lowest BCUT2D eigenvalue weighted by Gasteiger charge is -2.00. The van der Waals surface area contributed by atoms with Crippen molar-refractivity contribution in [2.75, 3.05) is 13.1 Å². The van der Waals surface area contributed by atoms with Crippen LogP contribution in [0.4, 0.5) is 0 Å². The first-order chi connectivity index (χ1) is 7.27. The molecule has 1 amide bonds. The van der Waals surface area contributed by atoms with Crippen LogP contribution in [-0.4, -0.2) is 28.5 Å². The van der Waals surface area contributed by atoms with Crippen molar-refractivity contribution in [1.29, 1.82) is 0 Å². The average Bonchev–Trinajstić information content (AvgIpc) is 2.67. The summed E-state index contributed by atoms with van der Waals surface area (Å²) in [5.74, 6) is -0.112. The summed E-state index contributed by atoms with van der Waals surface area (Å²) in [6, 6.07) is 0. The Morgan fingerprint density at radius 2 is 2.47 bits per heavy atom. The van der Waals surface area contributed by atoms with Crippen LogP contribution in [0.15, 0.2) is 12.5 Å². The van der Waals surface area contributed by atoms with E-state index in [9.17, 15) is 4.79 Å². The Morgan fingerprint density at radius 3 is 3.13 bits per heavy atom. The van der Waals surface area contributed by atoms with Gasteiger partial charge in [0.1, 0.15) is 5.69 Å². The number of nitrogens with zero attached hydrogens (tertiary/aromatic N) is 2. The zero-order valence-electron chi connectivity index (χ0n) is 9.07. The van der Waals surface area contributed by atoms with E-state index in [1.54, 1.807) is 12.5 Å². The molecule has 0 aliphatic rings. The highest BCUT2D eigenvalue weighted by Crippen LogP contribution is 1.96. The SMILES string of the molecule is CCCCNC(=O)c1cn(CCN)cn1. The topological polar surface area (TPSA) is 72.9 Å². The highest BCUT2D eigenvalue weighted by atomic mass is 16.1. The van der Waals surface area contributed by atoms with Crippen molar-refractivity contribution in [3.63, 3.8) is 0 Å².